The van der Waals surface area contributed by atoms with Crippen molar-refractivity contribution in [2.75, 3.05) is 11.9 Å². The molecular weight excluding hydrogens is 276 g/mol. The number of aromatic nitrogens is 2. The van der Waals surface area contributed by atoms with Crippen molar-refractivity contribution in [3.8, 4) is 0 Å². The molecule has 0 saturated carbocycles. The third-order valence-corrected chi connectivity index (χ3v) is 4.46. The predicted molar refractivity (Wildman–Crippen MR) is 77.8 cm³/mol. The molecule has 2 rings (SSSR count). The lowest BCUT2D eigenvalue weighted by Gasteiger charge is -2.08. The second-order valence-corrected chi connectivity index (χ2v) is 6.09. The van der Waals surface area contributed by atoms with Crippen LogP contribution in [0.5, 0.6) is 0 Å². The number of rotatable bonds is 6. The quantitative estimate of drug-likeness (QED) is 0.843. The Morgan fingerprint density at radius 2 is 1.90 bits per heavy atom. The van der Waals surface area contributed by atoms with Crippen molar-refractivity contribution in [3.05, 3.63) is 42.2 Å². The Bertz CT molecular complexity index is 662. The van der Waals surface area contributed by atoms with E-state index in [9.17, 15) is 8.42 Å². The Hall–Kier alpha value is -1.86. The van der Waals surface area contributed by atoms with Crippen molar-refractivity contribution in [1.29, 1.82) is 0 Å². The molecule has 0 amide bonds. The van der Waals surface area contributed by atoms with E-state index in [1.165, 1.54) is 0 Å². The van der Waals surface area contributed by atoms with Gasteiger partial charge in [-0.25, -0.2) is 13.1 Å². The van der Waals surface area contributed by atoms with Crippen molar-refractivity contribution in [2.45, 2.75) is 18.4 Å². The van der Waals surface area contributed by atoms with Crippen LogP contribution in [-0.2, 0) is 23.6 Å². The molecule has 0 atom stereocenters. The lowest BCUT2D eigenvalue weighted by atomic mass is 10.3. The fourth-order valence-electron chi connectivity index (χ4n) is 1.79. The summed E-state index contributed by atoms with van der Waals surface area (Å²) >= 11 is 0. The predicted octanol–water partition coefficient (Wildman–Crippen LogP) is 1.33. The zero-order valence-corrected chi connectivity index (χ0v) is 12.3. The van der Waals surface area contributed by atoms with Gasteiger partial charge in [-0.3, -0.25) is 4.68 Å². The van der Waals surface area contributed by atoms with E-state index < -0.39 is 10.0 Å². The van der Waals surface area contributed by atoms with Crippen molar-refractivity contribution in [3.63, 3.8) is 0 Å². The van der Waals surface area contributed by atoms with Gasteiger partial charge in [0, 0.05) is 25.5 Å². The Balaban J connectivity index is 2.04. The van der Waals surface area contributed by atoms with Crippen LogP contribution in [-0.4, -0.2) is 24.7 Å². The average Bonchev–Trinajstić information content (AvgIpc) is 2.82. The van der Waals surface area contributed by atoms with E-state index in [-0.39, 0.29) is 4.90 Å². The van der Waals surface area contributed by atoms with Crippen LogP contribution in [0, 0.1) is 0 Å². The summed E-state index contributed by atoms with van der Waals surface area (Å²) in [7, 11) is -1.51. The highest BCUT2D eigenvalue weighted by Gasteiger charge is 2.11. The molecule has 0 spiro atoms. The van der Waals surface area contributed by atoms with Gasteiger partial charge < -0.3 is 5.32 Å². The smallest absolute Gasteiger partial charge is 0.240 e. The summed E-state index contributed by atoms with van der Waals surface area (Å²) < 4.78 is 27.8. The molecule has 0 bridgehead atoms. The van der Waals surface area contributed by atoms with Gasteiger partial charge >= 0.3 is 0 Å². The van der Waals surface area contributed by atoms with Crippen molar-refractivity contribution in [1.82, 2.24) is 14.5 Å². The summed E-state index contributed by atoms with van der Waals surface area (Å²) in [6, 6.07) is 8.60. The molecule has 1 heterocycles. The fourth-order valence-corrected chi connectivity index (χ4v) is 2.83. The highest BCUT2D eigenvalue weighted by molar-refractivity contribution is 7.89. The average molecular weight is 294 g/mol. The van der Waals surface area contributed by atoms with Crippen molar-refractivity contribution < 1.29 is 8.42 Å². The Morgan fingerprint density at radius 1 is 1.20 bits per heavy atom. The molecule has 0 saturated heterocycles. The number of hydrogen-bond donors (Lipinski definition) is 2. The molecule has 2 aromatic rings. The van der Waals surface area contributed by atoms with Gasteiger partial charge in [0.1, 0.15) is 0 Å². The minimum atomic E-state index is -3.38. The first kappa shape index (κ1) is 14.5. The summed E-state index contributed by atoms with van der Waals surface area (Å²) in [6.07, 6.45) is 1.74. The monoisotopic (exact) mass is 294 g/mol. The van der Waals surface area contributed by atoms with E-state index in [4.69, 9.17) is 0 Å². The van der Waals surface area contributed by atoms with Gasteiger partial charge in [0.05, 0.1) is 17.1 Å². The minimum absolute atomic E-state index is 0.269. The Labute approximate surface area is 118 Å². The molecule has 7 heteroatoms. The van der Waals surface area contributed by atoms with Crippen LogP contribution in [0.1, 0.15) is 12.6 Å². The number of sulfonamides is 1. The first-order valence-corrected chi connectivity index (χ1v) is 7.81. The van der Waals surface area contributed by atoms with Gasteiger partial charge in [-0.15, -0.1) is 0 Å². The highest BCUT2D eigenvalue weighted by atomic mass is 32.2. The molecule has 0 aliphatic rings. The first-order valence-electron chi connectivity index (χ1n) is 6.33. The molecule has 0 aliphatic carbocycles. The summed E-state index contributed by atoms with van der Waals surface area (Å²) in [6.45, 7) is 2.76. The molecule has 6 nitrogen and oxygen atoms in total. The minimum Gasteiger partial charge on any atom is -0.379 e. The number of hydrogen-bond acceptors (Lipinski definition) is 4. The number of nitrogens with zero attached hydrogens (tertiary/aromatic N) is 2. The highest BCUT2D eigenvalue weighted by Crippen LogP contribution is 2.14. The normalized spacial score (nSPS) is 11.5. The van der Waals surface area contributed by atoms with Gasteiger partial charge in [0.15, 0.2) is 0 Å². The third-order valence-electron chi connectivity index (χ3n) is 2.90. The molecule has 108 valence electrons. The number of benzene rings is 1. The SMILES string of the molecule is CCNS(=O)(=O)c1ccc(NCc2ccnn2C)cc1. The van der Waals surface area contributed by atoms with Crippen molar-refractivity contribution in [2.24, 2.45) is 7.05 Å². The molecule has 0 radical (unpaired) electrons. The lowest BCUT2D eigenvalue weighted by Crippen LogP contribution is -2.23. The molecule has 2 N–H and O–H groups in total. The number of nitrogens with one attached hydrogen (secondary N) is 2. The molecule has 0 fully saturated rings. The van der Waals surface area contributed by atoms with E-state index in [0.717, 1.165) is 11.4 Å². The summed E-state index contributed by atoms with van der Waals surface area (Å²) in [5, 5.41) is 7.31. The van der Waals surface area contributed by atoms with Crippen LogP contribution in [0.2, 0.25) is 0 Å². The third kappa shape index (κ3) is 3.37. The molecule has 20 heavy (non-hydrogen) atoms. The topological polar surface area (TPSA) is 76.0 Å². The van der Waals surface area contributed by atoms with E-state index in [1.54, 1.807) is 42.1 Å². The number of anilines is 1. The van der Waals surface area contributed by atoms with E-state index >= 15 is 0 Å². The summed E-state index contributed by atoms with van der Waals surface area (Å²) in [5.74, 6) is 0. The first-order chi connectivity index (χ1) is 9.53. The molecule has 0 aliphatic heterocycles. The summed E-state index contributed by atoms with van der Waals surface area (Å²) in [5.41, 5.74) is 1.91. The Kier molecular flexibility index (Phi) is 4.41. The van der Waals surface area contributed by atoms with E-state index in [0.29, 0.717) is 13.1 Å². The van der Waals surface area contributed by atoms with Crippen LogP contribution in [0.4, 0.5) is 5.69 Å². The second kappa shape index (κ2) is 6.06. The Morgan fingerprint density at radius 3 is 2.45 bits per heavy atom. The lowest BCUT2D eigenvalue weighted by molar-refractivity contribution is 0.584. The van der Waals surface area contributed by atoms with E-state index in [1.807, 2.05) is 13.1 Å². The summed E-state index contributed by atoms with van der Waals surface area (Å²) in [4.78, 5) is 0.269. The fraction of sp³-hybridized carbons (Fsp3) is 0.308. The van der Waals surface area contributed by atoms with Gasteiger partial charge in [0.2, 0.25) is 10.0 Å². The van der Waals surface area contributed by atoms with Crippen LogP contribution < -0.4 is 10.0 Å². The second-order valence-electron chi connectivity index (χ2n) is 4.33. The van der Waals surface area contributed by atoms with Gasteiger partial charge in [0.25, 0.3) is 0 Å². The van der Waals surface area contributed by atoms with Crippen LogP contribution in [0.3, 0.4) is 0 Å². The maximum absolute atomic E-state index is 11.8. The maximum Gasteiger partial charge on any atom is 0.240 e. The van der Waals surface area contributed by atoms with Gasteiger partial charge in [-0.1, -0.05) is 6.92 Å². The number of aryl methyl sites for hydroxylation is 1. The van der Waals surface area contributed by atoms with Gasteiger partial charge in [-0.2, -0.15) is 5.10 Å². The molecule has 1 aromatic carbocycles. The maximum atomic E-state index is 11.8. The van der Waals surface area contributed by atoms with Crippen LogP contribution in [0.25, 0.3) is 0 Å². The zero-order chi connectivity index (χ0) is 14.6. The van der Waals surface area contributed by atoms with Crippen LogP contribution in [0.15, 0.2) is 41.4 Å². The molecule has 1 aromatic heterocycles. The molecule has 0 unspecified atom stereocenters. The van der Waals surface area contributed by atoms with Crippen molar-refractivity contribution >= 4 is 15.7 Å². The standard InChI is InChI=1S/C13H18N4O2S/c1-3-16-20(18,19)13-6-4-11(5-7-13)14-10-12-8-9-15-17(12)2/h4-9,14,16H,3,10H2,1-2H3. The van der Waals surface area contributed by atoms with E-state index in [2.05, 4.69) is 15.1 Å². The zero-order valence-electron chi connectivity index (χ0n) is 11.5. The van der Waals surface area contributed by atoms with Crippen LogP contribution >= 0.6 is 0 Å². The molecular formula is C13H18N4O2S. The largest absolute Gasteiger partial charge is 0.379 e. The van der Waals surface area contributed by atoms with Gasteiger partial charge in [-0.05, 0) is 30.3 Å².